The van der Waals surface area contributed by atoms with E-state index in [4.69, 9.17) is 0 Å². The fourth-order valence-electron chi connectivity index (χ4n) is 4.28. The summed E-state index contributed by atoms with van der Waals surface area (Å²) in [7, 11) is 0. The molecule has 1 saturated heterocycles. The third-order valence-corrected chi connectivity index (χ3v) is 5.79. The van der Waals surface area contributed by atoms with Crippen LogP contribution < -0.4 is 10.5 Å². The number of anilines is 1. The Labute approximate surface area is 162 Å². The van der Waals surface area contributed by atoms with Gasteiger partial charge in [-0.2, -0.15) is 5.10 Å². The highest BCUT2D eigenvalue weighted by Gasteiger charge is 2.25. The highest BCUT2D eigenvalue weighted by Crippen LogP contribution is 2.30. The summed E-state index contributed by atoms with van der Waals surface area (Å²) in [4.78, 5) is 23.7. The van der Waals surface area contributed by atoms with E-state index in [-0.39, 0.29) is 5.56 Å². The van der Waals surface area contributed by atoms with Crippen LogP contribution in [0, 0.1) is 5.92 Å². The number of aryl methyl sites for hydroxylation is 1. The Bertz CT molecular complexity index is 1020. The van der Waals surface area contributed by atoms with E-state index in [1.54, 1.807) is 34.0 Å². The third kappa shape index (κ3) is 3.19. The Kier molecular flexibility index (Phi) is 4.38. The molecule has 0 atom stereocenters. The van der Waals surface area contributed by atoms with Crippen molar-refractivity contribution in [3.63, 3.8) is 0 Å². The van der Waals surface area contributed by atoms with Gasteiger partial charge in [0.25, 0.3) is 5.56 Å². The fourth-order valence-corrected chi connectivity index (χ4v) is 4.28. The van der Waals surface area contributed by atoms with E-state index in [2.05, 4.69) is 25.1 Å². The lowest BCUT2D eigenvalue weighted by molar-refractivity contribution is 0.333. The van der Waals surface area contributed by atoms with Crippen LogP contribution in [0.3, 0.4) is 0 Å². The van der Waals surface area contributed by atoms with Gasteiger partial charge in [-0.25, -0.2) is 19.3 Å². The molecule has 5 rings (SSSR count). The van der Waals surface area contributed by atoms with E-state index in [1.807, 2.05) is 12.3 Å². The highest BCUT2D eigenvalue weighted by molar-refractivity contribution is 5.50. The van der Waals surface area contributed by atoms with Crippen LogP contribution in [0.15, 0.2) is 41.7 Å². The van der Waals surface area contributed by atoms with Gasteiger partial charge in [-0.3, -0.25) is 4.79 Å². The maximum Gasteiger partial charge on any atom is 0.266 e. The van der Waals surface area contributed by atoms with Gasteiger partial charge in [0, 0.05) is 49.4 Å². The third-order valence-electron chi connectivity index (χ3n) is 5.79. The first-order chi connectivity index (χ1) is 13.8. The van der Waals surface area contributed by atoms with E-state index in [1.165, 1.54) is 17.7 Å². The van der Waals surface area contributed by atoms with Crippen LogP contribution in [0.2, 0.25) is 0 Å². The van der Waals surface area contributed by atoms with Crippen molar-refractivity contribution in [3.8, 4) is 5.82 Å². The number of aromatic nitrogens is 6. The first-order valence-electron chi connectivity index (χ1n) is 9.94. The molecular formula is C20H23N7O. The average Bonchev–Trinajstić information content (AvgIpc) is 3.42. The Morgan fingerprint density at radius 3 is 2.82 bits per heavy atom. The van der Waals surface area contributed by atoms with Gasteiger partial charge in [0.15, 0.2) is 5.82 Å². The maximum atomic E-state index is 12.3. The second kappa shape index (κ2) is 7.18. The van der Waals surface area contributed by atoms with Gasteiger partial charge in [-0.15, -0.1) is 5.10 Å². The van der Waals surface area contributed by atoms with E-state index in [0.717, 1.165) is 44.6 Å². The standard InChI is InChI=1S/C20H23N7O/c28-19-6-5-18(26-10-2-9-23-26)24-27(19)13-15-7-11-25(12-8-15)20-16-3-1-4-17(16)21-14-22-20/h2,5-6,9-10,14-15H,1,3-4,7-8,11-13H2. The predicted molar refractivity (Wildman–Crippen MR) is 105 cm³/mol. The molecule has 28 heavy (non-hydrogen) atoms. The zero-order chi connectivity index (χ0) is 18.9. The van der Waals surface area contributed by atoms with Crippen molar-refractivity contribution in [2.75, 3.05) is 18.0 Å². The second-order valence-electron chi connectivity index (χ2n) is 7.57. The smallest absolute Gasteiger partial charge is 0.266 e. The molecule has 3 aromatic rings. The van der Waals surface area contributed by atoms with Crippen LogP contribution in [-0.2, 0) is 19.4 Å². The number of hydrogen-bond acceptors (Lipinski definition) is 6. The van der Waals surface area contributed by atoms with Gasteiger partial charge >= 0.3 is 0 Å². The molecule has 0 N–H and O–H groups in total. The molecule has 0 bridgehead atoms. The summed E-state index contributed by atoms with van der Waals surface area (Å²) >= 11 is 0. The minimum atomic E-state index is -0.0630. The molecule has 1 aliphatic carbocycles. The lowest BCUT2D eigenvalue weighted by Gasteiger charge is -2.33. The molecule has 1 aliphatic heterocycles. The zero-order valence-electron chi connectivity index (χ0n) is 15.7. The zero-order valence-corrected chi connectivity index (χ0v) is 15.7. The van der Waals surface area contributed by atoms with Gasteiger partial charge in [0.2, 0.25) is 0 Å². The minimum Gasteiger partial charge on any atom is -0.356 e. The topological polar surface area (TPSA) is 81.7 Å². The molecule has 0 saturated carbocycles. The van der Waals surface area contributed by atoms with Crippen molar-refractivity contribution in [1.82, 2.24) is 29.5 Å². The number of piperidine rings is 1. The van der Waals surface area contributed by atoms with Crippen LogP contribution in [-0.4, -0.2) is 42.6 Å². The normalized spacial score (nSPS) is 17.1. The van der Waals surface area contributed by atoms with Crippen LogP contribution in [0.25, 0.3) is 5.82 Å². The number of hydrogen-bond donors (Lipinski definition) is 0. The first-order valence-corrected chi connectivity index (χ1v) is 9.94. The molecule has 144 valence electrons. The van der Waals surface area contributed by atoms with E-state index >= 15 is 0 Å². The summed E-state index contributed by atoms with van der Waals surface area (Å²) in [6.07, 6.45) is 10.6. The van der Waals surface area contributed by atoms with Crippen molar-refractivity contribution in [2.45, 2.75) is 38.6 Å². The highest BCUT2D eigenvalue weighted by atomic mass is 16.1. The van der Waals surface area contributed by atoms with Gasteiger partial charge < -0.3 is 4.90 Å². The lowest BCUT2D eigenvalue weighted by Crippen LogP contribution is -2.38. The Hall–Kier alpha value is -3.03. The molecule has 8 nitrogen and oxygen atoms in total. The van der Waals surface area contributed by atoms with Gasteiger partial charge in [0.05, 0.1) is 0 Å². The van der Waals surface area contributed by atoms with Gasteiger partial charge in [-0.1, -0.05) is 0 Å². The second-order valence-corrected chi connectivity index (χ2v) is 7.57. The summed E-state index contributed by atoms with van der Waals surface area (Å²) < 4.78 is 3.26. The van der Waals surface area contributed by atoms with Crippen LogP contribution in [0.5, 0.6) is 0 Å². The molecule has 0 amide bonds. The maximum absolute atomic E-state index is 12.3. The van der Waals surface area contributed by atoms with Crippen molar-refractivity contribution in [3.05, 3.63) is 58.5 Å². The van der Waals surface area contributed by atoms with Gasteiger partial charge in [0.1, 0.15) is 12.1 Å². The summed E-state index contributed by atoms with van der Waals surface area (Å²) in [5, 5.41) is 8.70. The molecule has 4 heterocycles. The largest absolute Gasteiger partial charge is 0.356 e. The number of nitrogens with zero attached hydrogens (tertiary/aromatic N) is 7. The molecule has 0 spiro atoms. The monoisotopic (exact) mass is 377 g/mol. The van der Waals surface area contributed by atoms with Crippen molar-refractivity contribution in [1.29, 1.82) is 0 Å². The molecule has 0 radical (unpaired) electrons. The SMILES string of the molecule is O=c1ccc(-n2cccn2)nn1CC1CCN(c2ncnc3c2CCC3)CC1. The van der Waals surface area contributed by atoms with Crippen molar-refractivity contribution >= 4 is 5.82 Å². The van der Waals surface area contributed by atoms with Crippen LogP contribution in [0.4, 0.5) is 5.82 Å². The van der Waals surface area contributed by atoms with Crippen molar-refractivity contribution < 1.29 is 0 Å². The van der Waals surface area contributed by atoms with E-state index in [0.29, 0.717) is 18.3 Å². The van der Waals surface area contributed by atoms with Gasteiger partial charge in [-0.05, 0) is 50.2 Å². The van der Waals surface area contributed by atoms with Crippen LogP contribution >= 0.6 is 0 Å². The quantitative estimate of drug-likeness (QED) is 0.687. The fraction of sp³-hybridized carbons (Fsp3) is 0.450. The van der Waals surface area contributed by atoms with E-state index in [9.17, 15) is 4.79 Å². The molecule has 0 unspecified atom stereocenters. The Morgan fingerprint density at radius 2 is 2.00 bits per heavy atom. The summed E-state index contributed by atoms with van der Waals surface area (Å²) in [6.45, 7) is 2.56. The molecular weight excluding hydrogens is 354 g/mol. The van der Waals surface area contributed by atoms with Crippen LogP contribution in [0.1, 0.15) is 30.5 Å². The predicted octanol–water partition coefficient (Wildman–Crippen LogP) is 1.62. The lowest BCUT2D eigenvalue weighted by atomic mass is 9.96. The first kappa shape index (κ1) is 17.1. The summed E-state index contributed by atoms with van der Waals surface area (Å²) in [6, 6.07) is 5.13. The molecule has 1 fully saturated rings. The number of rotatable bonds is 4. The summed E-state index contributed by atoms with van der Waals surface area (Å²) in [5.41, 5.74) is 2.50. The van der Waals surface area contributed by atoms with Crippen molar-refractivity contribution in [2.24, 2.45) is 5.92 Å². The molecule has 8 heteroatoms. The minimum absolute atomic E-state index is 0.0630. The Morgan fingerprint density at radius 1 is 1.11 bits per heavy atom. The summed E-state index contributed by atoms with van der Waals surface area (Å²) in [5.74, 6) is 2.22. The number of fused-ring (bicyclic) bond motifs is 1. The Balaban J connectivity index is 1.28. The molecule has 3 aromatic heterocycles. The van der Waals surface area contributed by atoms with E-state index < -0.39 is 0 Å². The molecule has 2 aliphatic rings. The molecule has 0 aromatic carbocycles. The average molecular weight is 377 g/mol.